The number of rotatable bonds is 3. The van der Waals surface area contributed by atoms with Gasteiger partial charge in [-0.3, -0.25) is 9.63 Å². The first-order valence-electron chi connectivity index (χ1n) is 5.40. The summed E-state index contributed by atoms with van der Waals surface area (Å²) in [6.45, 7) is 1.33. The summed E-state index contributed by atoms with van der Waals surface area (Å²) in [6.07, 6.45) is 0.503. The van der Waals surface area contributed by atoms with E-state index in [0.717, 1.165) is 12.6 Å². The summed E-state index contributed by atoms with van der Waals surface area (Å²) >= 11 is 0. The zero-order valence-corrected chi connectivity index (χ0v) is 9.30. The van der Waals surface area contributed by atoms with Crippen LogP contribution in [-0.2, 0) is 4.84 Å². The third kappa shape index (κ3) is 2.62. The Balaban J connectivity index is 2.02. The molecule has 0 spiro atoms. The molecule has 1 aromatic carbocycles. The highest BCUT2D eigenvalue weighted by atomic mass is 19.2. The van der Waals surface area contributed by atoms with E-state index < -0.39 is 28.9 Å². The smallest absolute Gasteiger partial charge is 0.277 e. The number of amides is 1. The van der Waals surface area contributed by atoms with Gasteiger partial charge in [-0.15, -0.1) is 0 Å². The second kappa shape index (κ2) is 5.36. The first-order chi connectivity index (χ1) is 8.59. The summed E-state index contributed by atoms with van der Waals surface area (Å²) in [5.74, 6) is -5.49. The molecule has 1 aromatic rings. The maximum atomic E-state index is 13.3. The summed E-state index contributed by atoms with van der Waals surface area (Å²) in [5, 5.41) is 3.00. The number of nitrogens with one attached hydrogen (secondary N) is 2. The average molecular weight is 260 g/mol. The molecule has 1 heterocycles. The molecular weight excluding hydrogens is 249 g/mol. The molecule has 0 bridgehead atoms. The highest BCUT2D eigenvalue weighted by Crippen LogP contribution is 2.15. The van der Waals surface area contributed by atoms with Gasteiger partial charge in [-0.05, 0) is 25.1 Å². The van der Waals surface area contributed by atoms with Gasteiger partial charge in [-0.2, -0.15) is 0 Å². The minimum Gasteiger partial charge on any atom is -0.314 e. The second-order valence-electron chi connectivity index (χ2n) is 3.89. The lowest BCUT2D eigenvalue weighted by molar-refractivity contribution is -0.00709. The minimum absolute atomic E-state index is 0.206. The first-order valence-corrected chi connectivity index (χ1v) is 5.40. The molecule has 0 aliphatic carbocycles. The Labute approximate surface area is 101 Å². The van der Waals surface area contributed by atoms with Crippen molar-refractivity contribution in [1.29, 1.82) is 0 Å². The lowest BCUT2D eigenvalue weighted by Gasteiger charge is -2.11. The molecule has 18 heavy (non-hydrogen) atoms. The highest BCUT2D eigenvalue weighted by Gasteiger charge is 2.21. The molecule has 1 atom stereocenters. The highest BCUT2D eigenvalue weighted by molar-refractivity contribution is 5.93. The van der Waals surface area contributed by atoms with Gasteiger partial charge in [0.15, 0.2) is 17.5 Å². The van der Waals surface area contributed by atoms with Gasteiger partial charge in [-0.25, -0.2) is 18.7 Å². The molecule has 7 heteroatoms. The van der Waals surface area contributed by atoms with Crippen LogP contribution >= 0.6 is 0 Å². The van der Waals surface area contributed by atoms with E-state index in [1.165, 1.54) is 0 Å². The minimum atomic E-state index is -1.68. The van der Waals surface area contributed by atoms with Crippen LogP contribution in [-0.4, -0.2) is 25.1 Å². The van der Waals surface area contributed by atoms with Gasteiger partial charge in [-0.1, -0.05) is 0 Å². The van der Waals surface area contributed by atoms with E-state index in [4.69, 9.17) is 4.84 Å². The van der Waals surface area contributed by atoms with Gasteiger partial charge in [0.2, 0.25) is 0 Å². The van der Waals surface area contributed by atoms with Crippen LogP contribution < -0.4 is 10.8 Å². The largest absolute Gasteiger partial charge is 0.314 e. The maximum absolute atomic E-state index is 13.3. The number of halogens is 3. The first kappa shape index (κ1) is 12.8. The second-order valence-corrected chi connectivity index (χ2v) is 3.89. The van der Waals surface area contributed by atoms with Gasteiger partial charge in [0.05, 0.1) is 11.7 Å². The van der Waals surface area contributed by atoms with Crippen LogP contribution in [0.25, 0.3) is 0 Å². The van der Waals surface area contributed by atoms with Gasteiger partial charge in [0.1, 0.15) is 0 Å². The van der Waals surface area contributed by atoms with Crippen molar-refractivity contribution in [2.45, 2.75) is 12.5 Å². The molecule has 0 aromatic heterocycles. The van der Waals surface area contributed by atoms with E-state index in [9.17, 15) is 18.0 Å². The lowest BCUT2D eigenvalue weighted by Crippen LogP contribution is -2.31. The molecule has 1 fully saturated rings. The zero-order valence-electron chi connectivity index (χ0n) is 9.30. The third-order valence-corrected chi connectivity index (χ3v) is 2.61. The molecule has 2 rings (SSSR count). The predicted molar refractivity (Wildman–Crippen MR) is 56.1 cm³/mol. The molecule has 1 saturated heterocycles. The molecule has 98 valence electrons. The monoisotopic (exact) mass is 260 g/mol. The van der Waals surface area contributed by atoms with E-state index in [2.05, 4.69) is 5.32 Å². The summed E-state index contributed by atoms with van der Waals surface area (Å²) in [7, 11) is 0. The average Bonchev–Trinajstić information content (AvgIpc) is 2.86. The van der Waals surface area contributed by atoms with Crippen molar-refractivity contribution < 1.29 is 22.8 Å². The Morgan fingerprint density at radius 3 is 2.78 bits per heavy atom. The van der Waals surface area contributed by atoms with E-state index >= 15 is 0 Å². The standard InChI is InChI=1S/C11H11F3N2O2/c12-8-2-1-7(9(13)10(8)14)11(17)16-18-6-3-4-15-5-6/h1-2,6,15H,3-5H2,(H,16,17). The fraction of sp³-hybridized carbons (Fsp3) is 0.364. The molecule has 1 aliphatic heterocycles. The van der Waals surface area contributed by atoms with Crippen molar-refractivity contribution in [3.05, 3.63) is 35.1 Å². The van der Waals surface area contributed by atoms with Crippen LogP contribution in [0.4, 0.5) is 13.2 Å². The Hall–Kier alpha value is -1.60. The number of benzene rings is 1. The van der Waals surface area contributed by atoms with Crippen LogP contribution in [0.1, 0.15) is 16.8 Å². The molecule has 0 saturated carbocycles. The fourth-order valence-electron chi connectivity index (χ4n) is 1.62. The van der Waals surface area contributed by atoms with Gasteiger partial charge in [0, 0.05) is 6.54 Å². The summed E-state index contributed by atoms with van der Waals surface area (Å²) < 4.78 is 38.8. The van der Waals surface area contributed by atoms with Gasteiger partial charge >= 0.3 is 0 Å². The number of carbonyl (C=O) groups is 1. The normalized spacial score (nSPS) is 18.9. The van der Waals surface area contributed by atoms with Crippen LogP contribution in [0.2, 0.25) is 0 Å². The molecule has 1 unspecified atom stereocenters. The molecule has 2 N–H and O–H groups in total. The molecular formula is C11H11F3N2O2. The summed E-state index contributed by atoms with van der Waals surface area (Å²) in [5.41, 5.74) is 1.42. The maximum Gasteiger partial charge on any atom is 0.277 e. The van der Waals surface area contributed by atoms with Crippen LogP contribution in [0, 0.1) is 17.5 Å². The predicted octanol–water partition coefficient (Wildman–Crippen LogP) is 1.13. The van der Waals surface area contributed by atoms with E-state index in [1.807, 2.05) is 5.48 Å². The fourth-order valence-corrected chi connectivity index (χ4v) is 1.62. The SMILES string of the molecule is O=C(NOC1CCNC1)c1ccc(F)c(F)c1F. The third-order valence-electron chi connectivity index (χ3n) is 2.61. The van der Waals surface area contributed by atoms with Gasteiger partial charge in [0.25, 0.3) is 5.91 Å². The van der Waals surface area contributed by atoms with Crippen molar-refractivity contribution in [3.63, 3.8) is 0 Å². The Morgan fingerprint density at radius 2 is 2.11 bits per heavy atom. The summed E-state index contributed by atoms with van der Waals surface area (Å²) in [4.78, 5) is 16.5. The Kier molecular flexibility index (Phi) is 3.83. The van der Waals surface area contributed by atoms with Crippen molar-refractivity contribution in [3.8, 4) is 0 Å². The topological polar surface area (TPSA) is 50.4 Å². The number of carbonyl (C=O) groups excluding carboxylic acids is 1. The number of hydroxylamine groups is 1. The Bertz CT molecular complexity index is 462. The molecule has 0 radical (unpaired) electrons. The van der Waals surface area contributed by atoms with E-state index in [0.29, 0.717) is 19.0 Å². The molecule has 1 amide bonds. The number of hydrogen-bond acceptors (Lipinski definition) is 3. The summed E-state index contributed by atoms with van der Waals surface area (Å²) in [6, 6.07) is 1.55. The van der Waals surface area contributed by atoms with Crippen LogP contribution in [0.5, 0.6) is 0 Å². The number of hydrogen-bond donors (Lipinski definition) is 2. The van der Waals surface area contributed by atoms with Crippen molar-refractivity contribution in [2.24, 2.45) is 0 Å². The van der Waals surface area contributed by atoms with Crippen LogP contribution in [0.3, 0.4) is 0 Å². The van der Waals surface area contributed by atoms with Gasteiger partial charge < -0.3 is 5.32 Å². The van der Waals surface area contributed by atoms with E-state index in [-0.39, 0.29) is 6.10 Å². The quantitative estimate of drug-likeness (QED) is 0.632. The molecule has 4 nitrogen and oxygen atoms in total. The van der Waals surface area contributed by atoms with Crippen molar-refractivity contribution >= 4 is 5.91 Å². The van der Waals surface area contributed by atoms with Crippen LogP contribution in [0.15, 0.2) is 12.1 Å². The Morgan fingerprint density at radius 1 is 1.33 bits per heavy atom. The van der Waals surface area contributed by atoms with Crippen molar-refractivity contribution in [1.82, 2.24) is 10.8 Å². The molecule has 1 aliphatic rings. The zero-order chi connectivity index (χ0) is 13.1. The lowest BCUT2D eigenvalue weighted by atomic mass is 10.2. The van der Waals surface area contributed by atoms with Crippen molar-refractivity contribution in [2.75, 3.05) is 13.1 Å². The van der Waals surface area contributed by atoms with E-state index in [1.54, 1.807) is 0 Å².